The van der Waals surface area contributed by atoms with Gasteiger partial charge in [0.1, 0.15) is 0 Å². The molecule has 0 saturated heterocycles. The molecule has 2 aliphatic rings. The van der Waals surface area contributed by atoms with Gasteiger partial charge in [-0.3, -0.25) is 4.79 Å². The van der Waals surface area contributed by atoms with Gasteiger partial charge >= 0.3 is 0 Å². The first-order valence-electron chi connectivity index (χ1n) is 8.51. The highest BCUT2D eigenvalue weighted by Gasteiger charge is 2.47. The van der Waals surface area contributed by atoms with Gasteiger partial charge in [0.05, 0.1) is 4.88 Å². The van der Waals surface area contributed by atoms with Gasteiger partial charge in [-0.2, -0.15) is 4.98 Å². The predicted octanol–water partition coefficient (Wildman–Crippen LogP) is 2.25. The summed E-state index contributed by atoms with van der Waals surface area (Å²) in [6.07, 6.45) is 4.27. The molecule has 7 heteroatoms. The van der Waals surface area contributed by atoms with E-state index in [2.05, 4.69) is 15.5 Å². The van der Waals surface area contributed by atoms with Crippen molar-refractivity contribution in [2.75, 3.05) is 6.61 Å². The molecule has 6 nitrogen and oxygen atoms in total. The van der Waals surface area contributed by atoms with E-state index in [1.165, 1.54) is 12.8 Å². The third kappa shape index (κ3) is 2.98. The molecular weight excluding hydrogens is 326 g/mol. The summed E-state index contributed by atoms with van der Waals surface area (Å²) in [4.78, 5) is 17.6. The Morgan fingerprint density at radius 1 is 1.42 bits per heavy atom. The number of amides is 1. The highest BCUT2D eigenvalue weighted by Crippen LogP contribution is 2.48. The third-order valence-electron chi connectivity index (χ3n) is 5.40. The van der Waals surface area contributed by atoms with Gasteiger partial charge < -0.3 is 14.9 Å². The van der Waals surface area contributed by atoms with E-state index >= 15 is 0 Å². The van der Waals surface area contributed by atoms with Gasteiger partial charge in [0.2, 0.25) is 17.6 Å². The average Bonchev–Trinajstić information content (AvgIpc) is 3.36. The van der Waals surface area contributed by atoms with E-state index in [0.29, 0.717) is 36.4 Å². The number of carbonyl (C=O) groups is 1. The maximum absolute atomic E-state index is 12.3. The predicted molar refractivity (Wildman–Crippen MR) is 89.3 cm³/mol. The molecule has 2 bridgehead atoms. The maximum Gasteiger partial charge on any atom is 0.227 e. The molecule has 0 radical (unpaired) electrons. The van der Waals surface area contributed by atoms with Crippen LogP contribution < -0.4 is 5.32 Å². The Morgan fingerprint density at radius 3 is 3.08 bits per heavy atom. The topological polar surface area (TPSA) is 88.2 Å². The monoisotopic (exact) mass is 347 g/mol. The Kier molecular flexibility index (Phi) is 4.37. The van der Waals surface area contributed by atoms with Crippen LogP contribution in [0.1, 0.15) is 31.6 Å². The van der Waals surface area contributed by atoms with Crippen LogP contribution in [0.4, 0.5) is 0 Å². The molecule has 1 amide bonds. The minimum Gasteiger partial charge on any atom is -0.396 e. The second-order valence-electron chi connectivity index (χ2n) is 6.76. The molecular formula is C17H21N3O3S. The van der Waals surface area contributed by atoms with E-state index < -0.39 is 0 Å². The lowest BCUT2D eigenvalue weighted by molar-refractivity contribution is -0.122. The van der Waals surface area contributed by atoms with Crippen molar-refractivity contribution in [1.29, 1.82) is 0 Å². The standard InChI is InChI=1S/C17H21N3O3S/c21-9-12-10-3-4-11(8-10)16(12)18-14(22)5-6-15-19-17(20-23-15)13-2-1-7-24-13/h1-2,7,10-12,16,21H,3-6,8-9H2,(H,18,22). The number of fused-ring (bicyclic) bond motifs is 2. The average molecular weight is 347 g/mol. The van der Waals surface area contributed by atoms with Crippen molar-refractivity contribution in [2.45, 2.75) is 38.1 Å². The van der Waals surface area contributed by atoms with Crippen LogP contribution in [0.15, 0.2) is 22.0 Å². The Morgan fingerprint density at radius 2 is 2.29 bits per heavy atom. The first-order valence-corrected chi connectivity index (χ1v) is 9.39. The van der Waals surface area contributed by atoms with Crippen LogP contribution in [0.5, 0.6) is 0 Å². The Bertz CT molecular complexity index is 700. The molecule has 0 aromatic carbocycles. The molecule has 4 rings (SSSR count). The zero-order chi connectivity index (χ0) is 16.5. The van der Waals surface area contributed by atoms with Crippen LogP contribution in [0.25, 0.3) is 10.7 Å². The first kappa shape index (κ1) is 15.8. The van der Waals surface area contributed by atoms with Gasteiger partial charge in [-0.05, 0) is 42.5 Å². The molecule has 128 valence electrons. The van der Waals surface area contributed by atoms with Crippen LogP contribution in [0.2, 0.25) is 0 Å². The molecule has 2 aromatic heterocycles. The number of nitrogens with one attached hydrogen (secondary N) is 1. The molecule has 0 spiro atoms. The molecule has 24 heavy (non-hydrogen) atoms. The maximum atomic E-state index is 12.3. The SMILES string of the molecule is O=C(CCc1nc(-c2cccs2)no1)NC1C2CCC(C2)C1CO. The van der Waals surface area contributed by atoms with Crippen LogP contribution in [0, 0.1) is 17.8 Å². The molecule has 0 aliphatic heterocycles. The number of aryl methyl sites for hydroxylation is 1. The number of carbonyl (C=O) groups excluding carboxylic acids is 1. The van der Waals surface area contributed by atoms with E-state index in [-0.39, 0.29) is 24.5 Å². The largest absolute Gasteiger partial charge is 0.396 e. The lowest BCUT2D eigenvalue weighted by Gasteiger charge is -2.30. The second-order valence-corrected chi connectivity index (χ2v) is 7.71. The summed E-state index contributed by atoms with van der Waals surface area (Å²) < 4.78 is 5.23. The van der Waals surface area contributed by atoms with Crippen molar-refractivity contribution in [3.8, 4) is 10.7 Å². The van der Waals surface area contributed by atoms with Crippen molar-refractivity contribution in [1.82, 2.24) is 15.5 Å². The van der Waals surface area contributed by atoms with Gasteiger partial charge in [-0.15, -0.1) is 11.3 Å². The summed E-state index contributed by atoms with van der Waals surface area (Å²) in [5, 5.41) is 18.6. The minimum atomic E-state index is 0.00173. The van der Waals surface area contributed by atoms with Crippen LogP contribution in [0.3, 0.4) is 0 Å². The molecule has 4 unspecified atom stereocenters. The summed E-state index contributed by atoms with van der Waals surface area (Å²) in [5.41, 5.74) is 0. The normalized spacial score (nSPS) is 28.4. The van der Waals surface area contributed by atoms with Gasteiger partial charge in [-0.1, -0.05) is 11.2 Å². The van der Waals surface area contributed by atoms with Gasteiger partial charge in [0.15, 0.2) is 0 Å². The highest BCUT2D eigenvalue weighted by molar-refractivity contribution is 7.13. The number of nitrogens with zero attached hydrogens (tertiary/aromatic N) is 2. The minimum absolute atomic E-state index is 0.00173. The van der Waals surface area contributed by atoms with E-state index in [4.69, 9.17) is 4.52 Å². The number of rotatable bonds is 6. The summed E-state index contributed by atoms with van der Waals surface area (Å²) in [6.45, 7) is 0.167. The summed E-state index contributed by atoms with van der Waals surface area (Å²) in [6, 6.07) is 4.01. The van der Waals surface area contributed by atoms with Crippen molar-refractivity contribution in [3.05, 3.63) is 23.4 Å². The molecule has 2 aliphatic carbocycles. The van der Waals surface area contributed by atoms with Gasteiger partial charge in [0, 0.05) is 31.4 Å². The van der Waals surface area contributed by atoms with Crippen LogP contribution in [-0.2, 0) is 11.2 Å². The van der Waals surface area contributed by atoms with Gasteiger partial charge in [-0.25, -0.2) is 0 Å². The first-order chi connectivity index (χ1) is 11.7. The molecule has 4 atom stereocenters. The van der Waals surface area contributed by atoms with Crippen molar-refractivity contribution in [2.24, 2.45) is 17.8 Å². The molecule has 2 N–H and O–H groups in total. The Balaban J connectivity index is 1.31. The summed E-state index contributed by atoms with van der Waals surface area (Å²) in [7, 11) is 0. The molecule has 2 aromatic rings. The Labute approximate surface area is 144 Å². The zero-order valence-electron chi connectivity index (χ0n) is 13.4. The van der Waals surface area contributed by atoms with E-state index in [0.717, 1.165) is 11.3 Å². The third-order valence-corrected chi connectivity index (χ3v) is 6.27. The summed E-state index contributed by atoms with van der Waals surface area (Å²) in [5.74, 6) is 2.40. The fraction of sp³-hybridized carbons (Fsp3) is 0.588. The molecule has 2 heterocycles. The van der Waals surface area contributed by atoms with Crippen LogP contribution >= 0.6 is 11.3 Å². The van der Waals surface area contributed by atoms with Crippen LogP contribution in [-0.4, -0.2) is 33.8 Å². The van der Waals surface area contributed by atoms with E-state index in [1.54, 1.807) is 11.3 Å². The number of aliphatic hydroxyl groups is 1. The molecule has 2 fully saturated rings. The second kappa shape index (κ2) is 6.64. The number of thiophene rings is 1. The van der Waals surface area contributed by atoms with E-state index in [1.807, 2.05) is 17.5 Å². The fourth-order valence-corrected chi connectivity index (χ4v) is 4.89. The summed E-state index contributed by atoms with van der Waals surface area (Å²) >= 11 is 1.56. The number of aromatic nitrogens is 2. The lowest BCUT2D eigenvalue weighted by Crippen LogP contribution is -2.45. The number of hydrogen-bond donors (Lipinski definition) is 2. The zero-order valence-corrected chi connectivity index (χ0v) is 14.2. The number of hydrogen-bond acceptors (Lipinski definition) is 6. The van der Waals surface area contributed by atoms with Crippen molar-refractivity contribution >= 4 is 17.2 Å². The fourth-order valence-electron chi connectivity index (χ4n) is 4.24. The number of aliphatic hydroxyl groups excluding tert-OH is 1. The quantitative estimate of drug-likeness (QED) is 0.837. The van der Waals surface area contributed by atoms with Crippen molar-refractivity contribution in [3.63, 3.8) is 0 Å². The lowest BCUT2D eigenvalue weighted by atomic mass is 9.85. The van der Waals surface area contributed by atoms with E-state index in [9.17, 15) is 9.90 Å². The smallest absolute Gasteiger partial charge is 0.227 e. The van der Waals surface area contributed by atoms with Crippen molar-refractivity contribution < 1.29 is 14.4 Å². The highest BCUT2D eigenvalue weighted by atomic mass is 32.1. The Hall–Kier alpha value is -1.73. The van der Waals surface area contributed by atoms with Gasteiger partial charge in [0.25, 0.3) is 0 Å². The molecule has 2 saturated carbocycles.